The Labute approximate surface area is 106 Å². The maximum Gasteiger partial charge on any atom is 0.166 e. The van der Waals surface area contributed by atoms with Crippen LogP contribution in [0.15, 0.2) is 17.7 Å². The van der Waals surface area contributed by atoms with Crippen LogP contribution >= 0.6 is 0 Å². The molecule has 0 bridgehead atoms. The van der Waals surface area contributed by atoms with Crippen LogP contribution in [0.25, 0.3) is 5.57 Å². The fourth-order valence-electron chi connectivity index (χ4n) is 2.64. The second kappa shape index (κ2) is 5.17. The van der Waals surface area contributed by atoms with Crippen molar-refractivity contribution in [3.05, 3.63) is 40.5 Å². The fraction of sp³-hybridized carbons (Fsp3) is 0.467. The molecule has 1 aliphatic rings. The molecule has 1 atom stereocenters. The Morgan fingerprint density at radius 2 is 1.94 bits per heavy atom. The second-order valence-electron chi connectivity index (χ2n) is 5.14. The van der Waals surface area contributed by atoms with Crippen LogP contribution in [-0.2, 0) is 6.67 Å². The molecule has 0 fully saturated rings. The predicted molar refractivity (Wildman–Crippen MR) is 66.8 cm³/mol. The van der Waals surface area contributed by atoms with Crippen LogP contribution in [0.4, 0.5) is 13.2 Å². The highest BCUT2D eigenvalue weighted by Crippen LogP contribution is 2.36. The van der Waals surface area contributed by atoms with Gasteiger partial charge in [-0.2, -0.15) is 0 Å². The van der Waals surface area contributed by atoms with Gasteiger partial charge in [-0.15, -0.1) is 0 Å². The highest BCUT2D eigenvalue weighted by atomic mass is 19.2. The molecule has 0 aliphatic heterocycles. The molecule has 0 N–H and O–H groups in total. The zero-order valence-electron chi connectivity index (χ0n) is 10.7. The third-order valence-corrected chi connectivity index (χ3v) is 3.69. The number of rotatable bonds is 2. The highest BCUT2D eigenvalue weighted by molar-refractivity contribution is 5.70. The molecule has 0 spiro atoms. The van der Waals surface area contributed by atoms with Gasteiger partial charge in [-0.05, 0) is 37.7 Å². The Morgan fingerprint density at radius 1 is 1.22 bits per heavy atom. The summed E-state index contributed by atoms with van der Waals surface area (Å²) in [5.41, 5.74) is 2.09. The Bertz CT molecular complexity index is 489. The summed E-state index contributed by atoms with van der Waals surface area (Å²) in [6.07, 6.45) is 2.66. The molecule has 2 rings (SSSR count). The molecule has 0 saturated carbocycles. The van der Waals surface area contributed by atoms with Crippen LogP contribution in [0.1, 0.15) is 44.2 Å². The maximum absolute atomic E-state index is 13.9. The lowest BCUT2D eigenvalue weighted by molar-refractivity contribution is 0.439. The topological polar surface area (TPSA) is 0 Å². The van der Waals surface area contributed by atoms with E-state index >= 15 is 0 Å². The summed E-state index contributed by atoms with van der Waals surface area (Å²) in [5, 5.41) is 0. The summed E-state index contributed by atoms with van der Waals surface area (Å²) >= 11 is 0. The van der Waals surface area contributed by atoms with Crippen molar-refractivity contribution < 1.29 is 13.2 Å². The first-order valence-corrected chi connectivity index (χ1v) is 6.26. The van der Waals surface area contributed by atoms with Gasteiger partial charge in [0.1, 0.15) is 6.67 Å². The Kier molecular flexibility index (Phi) is 3.79. The highest BCUT2D eigenvalue weighted by Gasteiger charge is 2.21. The van der Waals surface area contributed by atoms with Crippen molar-refractivity contribution in [3.8, 4) is 0 Å². The van der Waals surface area contributed by atoms with E-state index < -0.39 is 18.3 Å². The van der Waals surface area contributed by atoms with Crippen molar-refractivity contribution in [1.82, 2.24) is 0 Å². The van der Waals surface area contributed by atoms with E-state index in [1.54, 1.807) is 0 Å². The first-order valence-electron chi connectivity index (χ1n) is 6.26. The molecule has 0 nitrogen and oxygen atoms in total. The standard InChI is InChI=1S/C15H17F3/c1-9-3-5-12(10(2)7-9)13-6-4-11(8-16)14(17)15(13)18/h4,6,9H,3,5,7-8H2,1-2H3. The lowest BCUT2D eigenvalue weighted by Crippen LogP contribution is -2.08. The summed E-state index contributed by atoms with van der Waals surface area (Å²) in [6.45, 7) is 3.15. The fourth-order valence-corrected chi connectivity index (χ4v) is 2.64. The minimum atomic E-state index is -1.05. The van der Waals surface area contributed by atoms with Crippen LogP contribution in [0.3, 0.4) is 0 Å². The monoisotopic (exact) mass is 254 g/mol. The van der Waals surface area contributed by atoms with E-state index in [2.05, 4.69) is 6.92 Å². The van der Waals surface area contributed by atoms with Crippen LogP contribution in [0, 0.1) is 17.6 Å². The summed E-state index contributed by atoms with van der Waals surface area (Å²) in [5.74, 6) is -1.37. The van der Waals surface area contributed by atoms with Gasteiger partial charge in [-0.25, -0.2) is 13.2 Å². The molecule has 98 valence electrons. The van der Waals surface area contributed by atoms with Gasteiger partial charge < -0.3 is 0 Å². The molecular weight excluding hydrogens is 237 g/mol. The zero-order chi connectivity index (χ0) is 13.3. The molecule has 3 heteroatoms. The minimum Gasteiger partial charge on any atom is -0.246 e. The number of benzene rings is 1. The molecule has 1 aromatic rings. The molecule has 18 heavy (non-hydrogen) atoms. The quantitative estimate of drug-likeness (QED) is 0.694. The van der Waals surface area contributed by atoms with E-state index in [1.165, 1.54) is 12.1 Å². The Morgan fingerprint density at radius 3 is 2.56 bits per heavy atom. The molecule has 1 unspecified atom stereocenters. The van der Waals surface area contributed by atoms with E-state index in [0.29, 0.717) is 11.5 Å². The van der Waals surface area contributed by atoms with Crippen molar-refractivity contribution in [2.45, 2.75) is 39.8 Å². The van der Waals surface area contributed by atoms with Crippen LogP contribution in [-0.4, -0.2) is 0 Å². The number of allylic oxidation sites excluding steroid dienone is 2. The molecular formula is C15H17F3. The number of hydrogen-bond acceptors (Lipinski definition) is 0. The van der Waals surface area contributed by atoms with Crippen LogP contribution in [0.2, 0.25) is 0 Å². The Balaban J connectivity index is 2.46. The number of hydrogen-bond donors (Lipinski definition) is 0. The lowest BCUT2D eigenvalue weighted by Gasteiger charge is -2.23. The SMILES string of the molecule is CC1=C(c2ccc(CF)c(F)c2F)CCC(C)C1. The molecule has 1 aliphatic carbocycles. The van der Waals surface area contributed by atoms with E-state index in [1.807, 2.05) is 6.92 Å². The van der Waals surface area contributed by atoms with Gasteiger partial charge in [0.15, 0.2) is 11.6 Å². The first-order chi connectivity index (χ1) is 8.54. The molecule has 1 aromatic carbocycles. The van der Waals surface area contributed by atoms with Crippen molar-refractivity contribution in [2.75, 3.05) is 0 Å². The summed E-state index contributed by atoms with van der Waals surface area (Å²) in [4.78, 5) is 0. The van der Waals surface area contributed by atoms with Gasteiger partial charge >= 0.3 is 0 Å². The largest absolute Gasteiger partial charge is 0.246 e. The molecule has 0 amide bonds. The number of halogens is 3. The van der Waals surface area contributed by atoms with E-state index in [4.69, 9.17) is 0 Å². The van der Waals surface area contributed by atoms with Crippen molar-refractivity contribution in [1.29, 1.82) is 0 Å². The van der Waals surface area contributed by atoms with Gasteiger partial charge in [0, 0.05) is 11.1 Å². The molecule has 0 radical (unpaired) electrons. The smallest absolute Gasteiger partial charge is 0.166 e. The van der Waals surface area contributed by atoms with Gasteiger partial charge in [-0.3, -0.25) is 0 Å². The molecule has 0 aromatic heterocycles. The molecule has 0 saturated heterocycles. The summed E-state index contributed by atoms with van der Waals surface area (Å²) in [7, 11) is 0. The van der Waals surface area contributed by atoms with E-state index in [0.717, 1.165) is 30.4 Å². The van der Waals surface area contributed by atoms with Crippen molar-refractivity contribution in [3.63, 3.8) is 0 Å². The maximum atomic E-state index is 13.9. The van der Waals surface area contributed by atoms with Gasteiger partial charge in [0.25, 0.3) is 0 Å². The van der Waals surface area contributed by atoms with Crippen LogP contribution in [0.5, 0.6) is 0 Å². The average Bonchev–Trinajstić information content (AvgIpc) is 2.34. The minimum absolute atomic E-state index is 0.210. The zero-order valence-corrected chi connectivity index (χ0v) is 10.7. The predicted octanol–water partition coefficient (Wildman–Crippen LogP) is 5.03. The van der Waals surface area contributed by atoms with E-state index in [9.17, 15) is 13.2 Å². The van der Waals surface area contributed by atoms with Gasteiger partial charge in [0.05, 0.1) is 0 Å². The second-order valence-corrected chi connectivity index (χ2v) is 5.14. The Hall–Kier alpha value is -1.25. The lowest BCUT2D eigenvalue weighted by atomic mass is 9.82. The third kappa shape index (κ3) is 2.31. The van der Waals surface area contributed by atoms with Crippen LogP contribution < -0.4 is 0 Å². The third-order valence-electron chi connectivity index (χ3n) is 3.69. The van der Waals surface area contributed by atoms with Crippen molar-refractivity contribution in [2.24, 2.45) is 5.92 Å². The molecule has 0 heterocycles. The average molecular weight is 254 g/mol. The van der Waals surface area contributed by atoms with Gasteiger partial charge in [0.2, 0.25) is 0 Å². The normalized spacial score (nSPS) is 20.4. The van der Waals surface area contributed by atoms with Crippen molar-refractivity contribution >= 4 is 5.57 Å². The number of alkyl halides is 1. The summed E-state index contributed by atoms with van der Waals surface area (Å²) in [6, 6.07) is 2.84. The van der Waals surface area contributed by atoms with E-state index in [-0.39, 0.29) is 5.56 Å². The first kappa shape index (κ1) is 13.2. The summed E-state index contributed by atoms with van der Waals surface area (Å²) < 4.78 is 40.0. The van der Waals surface area contributed by atoms with Gasteiger partial charge in [-0.1, -0.05) is 24.6 Å².